The fourth-order valence-electron chi connectivity index (χ4n) is 7.19. The first-order valence-electron chi connectivity index (χ1n) is 23.1. The SMILES string of the molecule is CC(=O)N1CCN(c2nc(N)cc(Cl)n2)CC1.CC(=O)N1CCN(c2nccc(N)n2)CC1.CC(=O)N1CCN(c2nccc(Nc3ncc(C#N)s3)n2)CC1.CC(=O)N1CCNCC1.Nc1cc(Cl)nc(Cl)n1. The number of carbonyl (C=O) groups excluding carboxylic acids is 4. The van der Waals surface area contributed by atoms with E-state index in [-0.39, 0.29) is 39.9 Å². The molecule has 0 saturated carbocycles. The van der Waals surface area contributed by atoms with Crippen molar-refractivity contribution in [3.8, 4) is 6.07 Å². The average molecular weight is 1100 g/mol. The number of nitrogens with zero attached hydrogens (tertiary/aromatic N) is 17. The highest BCUT2D eigenvalue weighted by Gasteiger charge is 2.23. The Morgan fingerprint density at radius 1 is 0.568 bits per heavy atom. The molecule has 4 amide bonds. The Hall–Kier alpha value is -7.25. The zero-order valence-corrected chi connectivity index (χ0v) is 44.4. The van der Waals surface area contributed by atoms with Crippen molar-refractivity contribution in [3.63, 3.8) is 0 Å². The van der Waals surface area contributed by atoms with Crippen LogP contribution in [0.5, 0.6) is 0 Å². The van der Waals surface area contributed by atoms with Gasteiger partial charge in [-0.1, -0.05) is 34.5 Å². The van der Waals surface area contributed by atoms with Crippen LogP contribution in [0.1, 0.15) is 32.6 Å². The molecule has 0 aromatic carbocycles. The van der Waals surface area contributed by atoms with Crippen LogP contribution in [0.15, 0.2) is 42.9 Å². The van der Waals surface area contributed by atoms with Crippen molar-refractivity contribution in [3.05, 3.63) is 63.3 Å². The summed E-state index contributed by atoms with van der Waals surface area (Å²) < 4.78 is 0. The number of rotatable bonds is 5. The number of nitrogen functional groups attached to an aromatic ring is 3. The molecule has 396 valence electrons. The standard InChI is InChI=1S/C14H15N7OS.C10H14ClN5O.C10H15N5O.C6H12N2O.C4H3Cl2N3/c1-10(22)20-4-6-21(7-5-20)13-16-3-2-12(18-13)19-14-17-9-11(8-15)23-14;1-7(17)15-2-4-16(5-3-15)10-13-8(11)6-9(12)14-10;1-8(16)14-4-6-15(7-5-14)10-12-3-2-9(11)13-10;1-6(9)8-4-2-7-3-5-8;5-2-1-3(7)9-4(6)8-2/h2-3,9H,4-7H2,1H3,(H,16,17,18,19);6H,2-5H2,1H3,(H2,12,13,14);2-3H,4-7H2,1H3,(H2,11,12,13);7H,2-5H2,1H3;1H,(H2,7,8,9). The van der Waals surface area contributed by atoms with E-state index in [9.17, 15) is 19.2 Å². The molecule has 0 atom stereocenters. The number of aromatic nitrogens is 9. The van der Waals surface area contributed by atoms with Gasteiger partial charge in [0.2, 0.25) is 46.8 Å². The van der Waals surface area contributed by atoms with Crippen molar-refractivity contribution in [2.75, 3.05) is 142 Å². The van der Waals surface area contributed by atoms with Crippen LogP contribution >= 0.6 is 46.1 Å². The maximum absolute atomic E-state index is 11.4. The number of amides is 4. The number of halogens is 3. The minimum Gasteiger partial charge on any atom is -0.384 e. The normalized spacial score (nSPS) is 15.3. The molecule has 26 nitrogen and oxygen atoms in total. The highest BCUT2D eigenvalue weighted by atomic mass is 35.5. The zero-order chi connectivity index (χ0) is 53.7. The van der Waals surface area contributed by atoms with E-state index in [0.29, 0.717) is 116 Å². The van der Waals surface area contributed by atoms with Crippen LogP contribution in [0.4, 0.5) is 46.2 Å². The summed E-state index contributed by atoms with van der Waals surface area (Å²) in [6, 6.07) is 8.40. The Balaban J connectivity index is 0.000000179. The van der Waals surface area contributed by atoms with E-state index in [4.69, 9.17) is 57.3 Å². The second-order valence-corrected chi connectivity index (χ2v) is 18.5. The van der Waals surface area contributed by atoms with E-state index < -0.39 is 0 Å². The first-order valence-corrected chi connectivity index (χ1v) is 25.1. The Morgan fingerprint density at radius 3 is 1.42 bits per heavy atom. The molecule has 4 aliphatic rings. The molecule has 8 N–H and O–H groups in total. The molecular formula is C44H59Cl3N22O4S. The minimum atomic E-state index is 0.0694. The third-order valence-corrected chi connectivity index (χ3v) is 12.5. The molecule has 4 fully saturated rings. The highest BCUT2D eigenvalue weighted by Crippen LogP contribution is 2.23. The van der Waals surface area contributed by atoms with Gasteiger partial charge in [-0.25, -0.2) is 29.9 Å². The first kappa shape index (κ1) is 57.6. The lowest BCUT2D eigenvalue weighted by Crippen LogP contribution is -2.48. The van der Waals surface area contributed by atoms with E-state index in [0.717, 1.165) is 39.3 Å². The van der Waals surface area contributed by atoms with Crippen molar-refractivity contribution in [2.24, 2.45) is 0 Å². The number of anilines is 8. The lowest BCUT2D eigenvalue weighted by molar-refractivity contribution is -0.130. The molecular weight excluding hydrogens is 1040 g/mol. The highest BCUT2D eigenvalue weighted by molar-refractivity contribution is 7.16. The third-order valence-electron chi connectivity index (χ3n) is 11.1. The van der Waals surface area contributed by atoms with Gasteiger partial charge in [0.25, 0.3) is 0 Å². The van der Waals surface area contributed by atoms with Gasteiger partial charge in [0.15, 0.2) is 5.13 Å². The van der Waals surface area contributed by atoms with E-state index in [2.05, 4.69) is 61.6 Å². The van der Waals surface area contributed by atoms with Gasteiger partial charge in [-0.15, -0.1) is 0 Å². The van der Waals surface area contributed by atoms with Gasteiger partial charge in [-0.05, 0) is 23.7 Å². The Labute approximate surface area is 447 Å². The number of nitriles is 1. The largest absolute Gasteiger partial charge is 0.384 e. The number of hydrogen-bond acceptors (Lipinski definition) is 23. The van der Waals surface area contributed by atoms with Crippen LogP contribution in [-0.2, 0) is 19.2 Å². The summed E-state index contributed by atoms with van der Waals surface area (Å²) in [6.07, 6.45) is 4.85. The van der Waals surface area contributed by atoms with Gasteiger partial charge in [0.1, 0.15) is 44.5 Å². The van der Waals surface area contributed by atoms with Crippen LogP contribution in [0.3, 0.4) is 0 Å². The van der Waals surface area contributed by atoms with Crippen LogP contribution in [-0.4, -0.2) is 193 Å². The monoisotopic (exact) mass is 1100 g/mol. The van der Waals surface area contributed by atoms with Crippen molar-refractivity contribution in [1.29, 1.82) is 5.26 Å². The summed E-state index contributed by atoms with van der Waals surface area (Å²) in [6.45, 7) is 18.4. The average Bonchev–Trinajstić information content (AvgIpc) is 3.84. The molecule has 9 heterocycles. The zero-order valence-electron chi connectivity index (χ0n) is 41.4. The Bertz CT molecular complexity index is 2620. The fourth-order valence-corrected chi connectivity index (χ4v) is 8.42. The summed E-state index contributed by atoms with van der Waals surface area (Å²) >= 11 is 17.9. The molecule has 0 unspecified atom stereocenters. The predicted octanol–water partition coefficient (Wildman–Crippen LogP) is 2.13. The van der Waals surface area contributed by atoms with Crippen molar-refractivity contribution < 1.29 is 19.2 Å². The summed E-state index contributed by atoms with van der Waals surface area (Å²) in [4.78, 5) is 94.9. The summed E-state index contributed by atoms with van der Waals surface area (Å²) in [5.41, 5.74) is 16.5. The molecule has 9 rings (SSSR count). The molecule has 5 aromatic heterocycles. The molecule has 5 aromatic rings. The van der Waals surface area contributed by atoms with Gasteiger partial charge < -0.3 is 62.1 Å². The topological polar surface area (TPSA) is 333 Å². The smallest absolute Gasteiger partial charge is 0.228 e. The summed E-state index contributed by atoms with van der Waals surface area (Å²) in [5.74, 6) is 4.02. The number of nitrogens with two attached hydrogens (primary N) is 3. The van der Waals surface area contributed by atoms with E-state index in [1.807, 2.05) is 29.4 Å². The number of carbonyl (C=O) groups is 4. The van der Waals surface area contributed by atoms with Gasteiger partial charge in [-0.3, -0.25) is 19.2 Å². The van der Waals surface area contributed by atoms with Gasteiger partial charge in [0, 0.05) is 157 Å². The molecule has 30 heteroatoms. The maximum atomic E-state index is 11.4. The van der Waals surface area contributed by atoms with E-state index in [1.165, 1.54) is 29.7 Å². The molecule has 0 radical (unpaired) electrons. The molecule has 0 aliphatic carbocycles. The van der Waals surface area contributed by atoms with Gasteiger partial charge in [0.05, 0.1) is 6.20 Å². The van der Waals surface area contributed by atoms with Crippen molar-refractivity contribution in [2.45, 2.75) is 27.7 Å². The van der Waals surface area contributed by atoms with Crippen molar-refractivity contribution >= 4 is 116 Å². The Morgan fingerprint density at radius 2 is 1.00 bits per heavy atom. The molecule has 4 aliphatic heterocycles. The van der Waals surface area contributed by atoms with Gasteiger partial charge in [-0.2, -0.15) is 20.2 Å². The number of hydrogen-bond donors (Lipinski definition) is 5. The van der Waals surface area contributed by atoms with Crippen LogP contribution in [0, 0.1) is 11.3 Å². The van der Waals surface area contributed by atoms with Crippen LogP contribution in [0.2, 0.25) is 15.6 Å². The Kier molecular flexibility index (Phi) is 22.5. The van der Waals surface area contributed by atoms with E-state index >= 15 is 0 Å². The first-order chi connectivity index (χ1) is 35.4. The minimum absolute atomic E-state index is 0.0694. The van der Waals surface area contributed by atoms with Gasteiger partial charge >= 0.3 is 0 Å². The summed E-state index contributed by atoms with van der Waals surface area (Å²) in [5, 5.41) is 16.4. The summed E-state index contributed by atoms with van der Waals surface area (Å²) in [7, 11) is 0. The molecule has 4 saturated heterocycles. The number of piperazine rings is 4. The second kappa shape index (κ2) is 28.8. The molecule has 0 bridgehead atoms. The van der Waals surface area contributed by atoms with Crippen LogP contribution in [0.25, 0.3) is 0 Å². The number of nitrogens with one attached hydrogen (secondary N) is 2. The number of thiazole rings is 1. The quantitative estimate of drug-likeness (QED) is 0.124. The molecule has 0 spiro atoms. The lowest BCUT2D eigenvalue weighted by atomic mass is 10.3. The van der Waals surface area contributed by atoms with Crippen molar-refractivity contribution in [1.82, 2.24) is 69.8 Å². The third kappa shape index (κ3) is 19.0. The maximum Gasteiger partial charge on any atom is 0.228 e. The molecule has 74 heavy (non-hydrogen) atoms. The predicted molar refractivity (Wildman–Crippen MR) is 285 cm³/mol. The van der Waals surface area contributed by atoms with Crippen LogP contribution < -0.4 is 42.5 Å². The second-order valence-electron chi connectivity index (χ2n) is 16.3. The fraction of sp³-hybridized carbons (Fsp3) is 0.455. The van der Waals surface area contributed by atoms with E-state index in [1.54, 1.807) is 57.1 Å². The lowest BCUT2D eigenvalue weighted by Gasteiger charge is -2.34.